The monoisotopic (exact) mass is 506 g/mol. The third-order valence-corrected chi connectivity index (χ3v) is 6.23. The van der Waals surface area contributed by atoms with Gasteiger partial charge >= 0.3 is 18.2 Å². The Kier molecular flexibility index (Phi) is 7.35. The molecular formula is C27H33F3N2O4. The number of hydrogen-bond donors (Lipinski definition) is 0. The van der Waals surface area contributed by atoms with Gasteiger partial charge < -0.3 is 14.4 Å². The van der Waals surface area contributed by atoms with Crippen molar-refractivity contribution in [3.8, 4) is 5.75 Å². The van der Waals surface area contributed by atoms with Gasteiger partial charge in [-0.1, -0.05) is 12.1 Å². The van der Waals surface area contributed by atoms with E-state index in [0.717, 1.165) is 28.8 Å². The number of hydrogen-bond acceptors (Lipinski definition) is 4. The van der Waals surface area contributed by atoms with Crippen LogP contribution in [0.25, 0.3) is 0 Å². The number of anilines is 1. The van der Waals surface area contributed by atoms with Gasteiger partial charge in [0.15, 0.2) is 5.60 Å². The zero-order chi connectivity index (χ0) is 27.1. The molecular weight excluding hydrogens is 473 g/mol. The quantitative estimate of drug-likeness (QED) is 0.416. The molecule has 0 aliphatic carbocycles. The van der Waals surface area contributed by atoms with Gasteiger partial charge in [0.2, 0.25) is 0 Å². The number of halogens is 3. The first-order chi connectivity index (χ1) is 16.6. The van der Waals surface area contributed by atoms with E-state index >= 15 is 0 Å². The molecule has 0 spiro atoms. The van der Waals surface area contributed by atoms with Crippen LogP contribution in [0.3, 0.4) is 0 Å². The Hall–Kier alpha value is -3.23. The summed E-state index contributed by atoms with van der Waals surface area (Å²) in [6.07, 6.45) is -4.43. The third kappa shape index (κ3) is 5.60. The lowest BCUT2D eigenvalue weighted by atomic mass is 10.0. The van der Waals surface area contributed by atoms with Crippen LogP contribution in [-0.4, -0.2) is 41.2 Å². The molecule has 0 N–H and O–H groups in total. The second kappa shape index (κ2) is 9.67. The van der Waals surface area contributed by atoms with Crippen LogP contribution in [-0.2, 0) is 22.3 Å². The molecule has 9 heteroatoms. The highest BCUT2D eigenvalue weighted by molar-refractivity contribution is 5.95. The van der Waals surface area contributed by atoms with E-state index < -0.39 is 28.8 Å². The van der Waals surface area contributed by atoms with Crippen molar-refractivity contribution >= 4 is 17.7 Å². The smallest absolute Gasteiger partial charge is 0.416 e. The summed E-state index contributed by atoms with van der Waals surface area (Å²) in [5.41, 5.74) is 0.444. The van der Waals surface area contributed by atoms with Crippen molar-refractivity contribution in [1.82, 2.24) is 4.90 Å². The molecule has 0 unspecified atom stereocenters. The topological polar surface area (TPSA) is 59.1 Å². The maximum Gasteiger partial charge on any atom is 0.416 e. The molecule has 0 atom stereocenters. The van der Waals surface area contributed by atoms with Gasteiger partial charge in [0.05, 0.1) is 24.3 Å². The fourth-order valence-corrected chi connectivity index (χ4v) is 4.33. The third-order valence-electron chi connectivity index (χ3n) is 6.23. The molecule has 1 heterocycles. The van der Waals surface area contributed by atoms with Crippen LogP contribution >= 0.6 is 0 Å². The van der Waals surface area contributed by atoms with E-state index in [0.29, 0.717) is 24.5 Å². The normalized spacial score (nSPS) is 15.9. The van der Waals surface area contributed by atoms with E-state index in [1.54, 1.807) is 25.7 Å². The van der Waals surface area contributed by atoms with E-state index in [4.69, 9.17) is 9.47 Å². The number of rotatable bonds is 7. The lowest BCUT2D eigenvalue weighted by Gasteiger charge is -2.30. The first-order valence-corrected chi connectivity index (χ1v) is 11.8. The summed E-state index contributed by atoms with van der Waals surface area (Å²) in [6, 6.07) is 8.17. The lowest BCUT2D eigenvalue weighted by Crippen LogP contribution is -2.41. The maximum absolute atomic E-state index is 13.3. The molecule has 1 aliphatic heterocycles. The Morgan fingerprint density at radius 1 is 1.06 bits per heavy atom. The van der Waals surface area contributed by atoms with E-state index in [2.05, 4.69) is 0 Å². The molecule has 196 valence electrons. The standard InChI is InChI=1S/C27H33F3N2O4/c1-8-35-23(33)26(6,7)36-22-17(2)13-19(14-18(22)3)15-32-24(34)31(16-25(32,4)5)21-11-9-20(10-12-21)27(28,29)30/h9-14H,8,15-16H2,1-7H3. The van der Waals surface area contributed by atoms with Crippen molar-refractivity contribution in [2.75, 3.05) is 18.1 Å². The fraction of sp³-hybridized carbons (Fsp3) is 0.481. The van der Waals surface area contributed by atoms with Crippen LogP contribution in [0.1, 0.15) is 56.9 Å². The van der Waals surface area contributed by atoms with Crippen LogP contribution < -0.4 is 9.64 Å². The predicted octanol–water partition coefficient (Wildman–Crippen LogP) is 6.26. The molecule has 1 saturated heterocycles. The number of esters is 1. The van der Waals surface area contributed by atoms with Crippen LogP contribution in [0.4, 0.5) is 23.7 Å². The van der Waals surface area contributed by atoms with Crippen molar-refractivity contribution < 1.29 is 32.2 Å². The van der Waals surface area contributed by atoms with Crippen LogP contribution in [0.5, 0.6) is 5.75 Å². The molecule has 3 rings (SSSR count). The minimum Gasteiger partial charge on any atom is -0.476 e. The molecule has 0 aromatic heterocycles. The molecule has 2 aromatic rings. The molecule has 0 bridgehead atoms. The van der Waals surface area contributed by atoms with Crippen molar-refractivity contribution in [2.45, 2.75) is 72.3 Å². The zero-order valence-corrected chi connectivity index (χ0v) is 21.7. The Morgan fingerprint density at radius 2 is 1.61 bits per heavy atom. The summed E-state index contributed by atoms with van der Waals surface area (Å²) in [6.45, 7) is 13.5. The summed E-state index contributed by atoms with van der Waals surface area (Å²) in [5, 5.41) is 0. The van der Waals surface area contributed by atoms with E-state index in [9.17, 15) is 22.8 Å². The number of urea groups is 1. The maximum atomic E-state index is 13.3. The van der Waals surface area contributed by atoms with Gasteiger partial charge in [-0.2, -0.15) is 13.2 Å². The molecule has 0 radical (unpaired) electrons. The summed E-state index contributed by atoms with van der Waals surface area (Å²) in [4.78, 5) is 28.8. The average molecular weight is 507 g/mol. The second-order valence-corrected chi connectivity index (χ2v) is 10.2. The Bertz CT molecular complexity index is 1120. The Labute approximate surface area is 210 Å². The van der Waals surface area contributed by atoms with Gasteiger partial charge in [-0.05, 0) is 89.4 Å². The fourth-order valence-electron chi connectivity index (χ4n) is 4.33. The highest BCUT2D eigenvalue weighted by atomic mass is 19.4. The lowest BCUT2D eigenvalue weighted by molar-refractivity contribution is -0.158. The van der Waals surface area contributed by atoms with Gasteiger partial charge in [-0.25, -0.2) is 9.59 Å². The number of nitrogens with zero attached hydrogens (tertiary/aromatic N) is 2. The number of carbonyl (C=O) groups excluding carboxylic acids is 2. The molecule has 1 aliphatic rings. The SMILES string of the molecule is CCOC(=O)C(C)(C)Oc1c(C)cc(CN2C(=O)N(c3ccc(C(F)(F)F)cc3)CC2(C)C)cc1C. The highest BCUT2D eigenvalue weighted by Gasteiger charge is 2.44. The predicted molar refractivity (Wildman–Crippen MR) is 131 cm³/mol. The minimum absolute atomic E-state index is 0.256. The number of amides is 2. The van der Waals surface area contributed by atoms with Crippen LogP contribution in [0.15, 0.2) is 36.4 Å². The van der Waals surface area contributed by atoms with Gasteiger partial charge in [-0.3, -0.25) is 4.90 Å². The van der Waals surface area contributed by atoms with E-state index in [1.807, 2.05) is 39.8 Å². The number of ether oxygens (including phenoxy) is 2. The molecule has 1 fully saturated rings. The van der Waals surface area contributed by atoms with Crippen molar-refractivity contribution in [1.29, 1.82) is 0 Å². The molecule has 6 nitrogen and oxygen atoms in total. The molecule has 2 aromatic carbocycles. The number of aryl methyl sites for hydroxylation is 2. The number of carbonyl (C=O) groups is 2. The van der Waals surface area contributed by atoms with E-state index in [1.165, 1.54) is 17.0 Å². The van der Waals surface area contributed by atoms with Crippen molar-refractivity contribution in [3.05, 3.63) is 58.7 Å². The van der Waals surface area contributed by atoms with Gasteiger partial charge in [0, 0.05) is 12.2 Å². The molecule has 36 heavy (non-hydrogen) atoms. The number of benzene rings is 2. The second-order valence-electron chi connectivity index (χ2n) is 10.2. The van der Waals surface area contributed by atoms with Crippen molar-refractivity contribution in [3.63, 3.8) is 0 Å². The van der Waals surface area contributed by atoms with Crippen molar-refractivity contribution in [2.24, 2.45) is 0 Å². The van der Waals surface area contributed by atoms with Crippen LogP contribution in [0.2, 0.25) is 0 Å². The molecule has 0 saturated carbocycles. The van der Waals surface area contributed by atoms with Gasteiger partial charge in [0.1, 0.15) is 5.75 Å². The molecule has 2 amide bonds. The highest BCUT2D eigenvalue weighted by Crippen LogP contribution is 2.36. The van der Waals surface area contributed by atoms with Crippen LogP contribution in [0, 0.1) is 13.8 Å². The first kappa shape index (κ1) is 27.4. The summed E-state index contributed by atoms with van der Waals surface area (Å²) >= 11 is 0. The van der Waals surface area contributed by atoms with E-state index in [-0.39, 0.29) is 12.6 Å². The van der Waals surface area contributed by atoms with Gasteiger partial charge in [0.25, 0.3) is 0 Å². The van der Waals surface area contributed by atoms with Gasteiger partial charge in [-0.15, -0.1) is 0 Å². The minimum atomic E-state index is -4.43. The summed E-state index contributed by atoms with van der Waals surface area (Å²) < 4.78 is 50.0. The Morgan fingerprint density at radius 3 is 2.11 bits per heavy atom. The average Bonchev–Trinajstić information content (AvgIpc) is 2.99. The largest absolute Gasteiger partial charge is 0.476 e. The first-order valence-electron chi connectivity index (χ1n) is 11.8. The summed E-state index contributed by atoms with van der Waals surface area (Å²) in [5.74, 6) is 0.121. The Balaban J connectivity index is 1.82. The summed E-state index contributed by atoms with van der Waals surface area (Å²) in [7, 11) is 0. The number of alkyl halides is 3. The zero-order valence-electron chi connectivity index (χ0n) is 21.7.